The minimum Gasteiger partial charge on any atom is -0.294 e. The summed E-state index contributed by atoms with van der Waals surface area (Å²) in [5.41, 5.74) is 3.02. The van der Waals surface area contributed by atoms with Crippen LogP contribution in [0.3, 0.4) is 0 Å². The Morgan fingerprint density at radius 2 is 1.43 bits per heavy atom. The molecule has 0 aromatic carbocycles. The van der Waals surface area contributed by atoms with Crippen molar-refractivity contribution in [2.75, 3.05) is 14.2 Å². The normalized spacial score (nSPS) is 9.61. The van der Waals surface area contributed by atoms with Gasteiger partial charge in [-0.2, -0.15) is 0 Å². The van der Waals surface area contributed by atoms with E-state index in [4.69, 9.17) is 4.84 Å². The molecule has 2 rings (SSSR count). The quantitative estimate of drug-likeness (QED) is 0.643. The minimum absolute atomic E-state index is 0.0625. The van der Waals surface area contributed by atoms with Crippen LogP contribution in [0.1, 0.15) is 39.0 Å². The summed E-state index contributed by atoms with van der Waals surface area (Å²) in [6.07, 6.45) is 3.13. The van der Waals surface area contributed by atoms with Gasteiger partial charge in [-0.25, -0.2) is 5.06 Å². The molecule has 0 saturated heterocycles. The number of carbonyl (C=O) groups excluding carboxylic acids is 2. The van der Waals surface area contributed by atoms with E-state index in [1.165, 1.54) is 20.2 Å². The number of pyridine rings is 2. The maximum atomic E-state index is 11.4. The molecule has 1 amide bonds. The average Bonchev–Trinajstić information content (AvgIpc) is 2.55. The number of ketones is 1. The zero-order valence-corrected chi connectivity index (χ0v) is 14.0. The van der Waals surface area contributed by atoms with E-state index >= 15 is 0 Å². The van der Waals surface area contributed by atoms with Crippen molar-refractivity contribution in [2.45, 2.75) is 20.8 Å². The highest BCUT2D eigenvalue weighted by Crippen LogP contribution is 2.02. The van der Waals surface area contributed by atoms with Gasteiger partial charge in [0.15, 0.2) is 5.78 Å². The van der Waals surface area contributed by atoms with Gasteiger partial charge in [0.2, 0.25) is 0 Å². The van der Waals surface area contributed by atoms with Crippen molar-refractivity contribution in [3.63, 3.8) is 0 Å². The first-order valence-electron chi connectivity index (χ1n) is 7.03. The monoisotopic (exact) mass is 315 g/mol. The molecule has 6 heteroatoms. The zero-order chi connectivity index (χ0) is 17.4. The van der Waals surface area contributed by atoms with Gasteiger partial charge in [0.25, 0.3) is 5.91 Å². The smallest absolute Gasteiger partial charge is 0.278 e. The minimum atomic E-state index is -0.199. The number of aromatic nitrogens is 2. The summed E-state index contributed by atoms with van der Waals surface area (Å²) in [5.74, 6) is -0.137. The molecule has 0 aliphatic carbocycles. The Kier molecular flexibility index (Phi) is 7.02. The first-order valence-corrected chi connectivity index (χ1v) is 7.03. The molecule has 6 nitrogen and oxygen atoms in total. The van der Waals surface area contributed by atoms with Crippen molar-refractivity contribution in [3.8, 4) is 0 Å². The molecule has 0 aliphatic heterocycles. The maximum absolute atomic E-state index is 11.4. The number of aryl methyl sites for hydroxylation is 2. The number of amides is 1. The number of nitrogens with zero attached hydrogens (tertiary/aromatic N) is 3. The second kappa shape index (κ2) is 8.75. The van der Waals surface area contributed by atoms with Crippen molar-refractivity contribution < 1.29 is 14.4 Å². The molecule has 0 N–H and O–H groups in total. The first kappa shape index (κ1) is 18.4. The van der Waals surface area contributed by atoms with Crippen LogP contribution in [0.2, 0.25) is 0 Å². The lowest BCUT2D eigenvalue weighted by molar-refractivity contribution is -0.0757. The van der Waals surface area contributed by atoms with E-state index in [9.17, 15) is 9.59 Å². The summed E-state index contributed by atoms with van der Waals surface area (Å²) in [4.78, 5) is 34.9. The van der Waals surface area contributed by atoms with Gasteiger partial charge in [0, 0.05) is 36.4 Å². The Hall–Kier alpha value is -2.60. The molecule has 0 fully saturated rings. The molecule has 0 atom stereocenters. The summed E-state index contributed by atoms with van der Waals surface area (Å²) >= 11 is 0. The van der Waals surface area contributed by atoms with Gasteiger partial charge < -0.3 is 0 Å². The van der Waals surface area contributed by atoms with Crippen LogP contribution in [-0.2, 0) is 4.84 Å². The summed E-state index contributed by atoms with van der Waals surface area (Å²) in [7, 11) is 3.00. The Balaban J connectivity index is 0.000000238. The first-order chi connectivity index (χ1) is 10.8. The Morgan fingerprint density at radius 1 is 0.957 bits per heavy atom. The number of hydrogen-bond donors (Lipinski definition) is 0. The summed E-state index contributed by atoms with van der Waals surface area (Å²) < 4.78 is 0. The van der Waals surface area contributed by atoms with Gasteiger partial charge >= 0.3 is 0 Å². The van der Waals surface area contributed by atoms with Crippen LogP contribution in [0.4, 0.5) is 0 Å². The van der Waals surface area contributed by atoms with E-state index in [2.05, 4.69) is 9.97 Å². The molecule has 23 heavy (non-hydrogen) atoms. The molecule has 122 valence electrons. The molecule has 2 aromatic heterocycles. The summed E-state index contributed by atoms with van der Waals surface area (Å²) in [6, 6.07) is 7.12. The largest absolute Gasteiger partial charge is 0.294 e. The van der Waals surface area contributed by atoms with E-state index < -0.39 is 0 Å². The van der Waals surface area contributed by atoms with Crippen molar-refractivity contribution in [1.29, 1.82) is 0 Å². The molecule has 0 spiro atoms. The van der Waals surface area contributed by atoms with Crippen molar-refractivity contribution in [3.05, 3.63) is 59.2 Å². The fourth-order valence-corrected chi connectivity index (χ4v) is 1.54. The lowest BCUT2D eigenvalue weighted by Crippen LogP contribution is -2.25. The predicted octanol–water partition coefficient (Wildman–Crippen LogP) is 2.62. The third kappa shape index (κ3) is 5.96. The second-order valence-electron chi connectivity index (χ2n) is 4.92. The molecular formula is C17H21N3O3. The fourth-order valence-electron chi connectivity index (χ4n) is 1.54. The van der Waals surface area contributed by atoms with Gasteiger partial charge in [-0.05, 0) is 45.0 Å². The van der Waals surface area contributed by atoms with Crippen LogP contribution in [0.15, 0.2) is 36.7 Å². The molecule has 0 radical (unpaired) electrons. The molecule has 0 unspecified atom stereocenters. The molecular weight excluding hydrogens is 294 g/mol. The van der Waals surface area contributed by atoms with Gasteiger partial charge in [-0.1, -0.05) is 0 Å². The lowest BCUT2D eigenvalue weighted by atomic mass is 10.2. The fraction of sp³-hybridized carbons (Fsp3) is 0.294. The topological polar surface area (TPSA) is 72.4 Å². The van der Waals surface area contributed by atoms with E-state index in [1.54, 1.807) is 31.4 Å². The number of rotatable bonds is 3. The summed E-state index contributed by atoms with van der Waals surface area (Å²) in [6.45, 7) is 5.30. The van der Waals surface area contributed by atoms with Crippen LogP contribution in [0.25, 0.3) is 0 Å². The predicted molar refractivity (Wildman–Crippen MR) is 87.1 cm³/mol. The van der Waals surface area contributed by atoms with Crippen molar-refractivity contribution in [2.24, 2.45) is 0 Å². The van der Waals surface area contributed by atoms with Crippen LogP contribution >= 0.6 is 0 Å². The van der Waals surface area contributed by atoms with Gasteiger partial charge in [-0.3, -0.25) is 24.4 Å². The summed E-state index contributed by atoms with van der Waals surface area (Å²) in [5, 5.41) is 1.16. The van der Waals surface area contributed by atoms with Crippen LogP contribution in [0.5, 0.6) is 0 Å². The van der Waals surface area contributed by atoms with E-state index in [-0.39, 0.29) is 11.7 Å². The number of hydroxylamine groups is 2. The molecule has 2 heterocycles. The number of hydrogen-bond acceptors (Lipinski definition) is 5. The van der Waals surface area contributed by atoms with Gasteiger partial charge in [0.1, 0.15) is 0 Å². The molecule has 0 saturated carbocycles. The van der Waals surface area contributed by atoms with Crippen molar-refractivity contribution in [1.82, 2.24) is 15.0 Å². The van der Waals surface area contributed by atoms with Crippen LogP contribution in [-0.4, -0.2) is 40.9 Å². The third-order valence-corrected chi connectivity index (χ3v) is 3.04. The van der Waals surface area contributed by atoms with Gasteiger partial charge in [0.05, 0.1) is 12.7 Å². The van der Waals surface area contributed by atoms with E-state index in [0.29, 0.717) is 11.1 Å². The Bertz CT molecular complexity index is 652. The van der Waals surface area contributed by atoms with E-state index in [0.717, 1.165) is 16.5 Å². The highest BCUT2D eigenvalue weighted by atomic mass is 16.7. The number of Topliss-reactive ketones (excluding diaryl/α,β-unsaturated/α-hetero) is 1. The Labute approximate surface area is 136 Å². The van der Waals surface area contributed by atoms with E-state index in [1.807, 2.05) is 19.9 Å². The highest BCUT2D eigenvalue weighted by Gasteiger charge is 2.10. The third-order valence-electron chi connectivity index (χ3n) is 3.04. The van der Waals surface area contributed by atoms with Crippen LogP contribution < -0.4 is 0 Å². The maximum Gasteiger partial charge on any atom is 0.278 e. The SMILES string of the molecule is CC(=O)c1ccc(C)nc1.CON(C)C(=O)c1ccc(C)nc1. The lowest BCUT2D eigenvalue weighted by Gasteiger charge is -2.12. The highest BCUT2D eigenvalue weighted by molar-refractivity contribution is 5.93. The average molecular weight is 315 g/mol. The molecule has 2 aromatic rings. The standard InChI is InChI=1S/C9H12N2O2.C8H9NO/c1-7-4-5-8(6-10-7)9(12)11(2)13-3;1-6-3-4-8(5-9-6)7(2)10/h4-6H,1-3H3;3-5H,1-2H3. The zero-order valence-electron chi connectivity index (χ0n) is 14.0. The van der Waals surface area contributed by atoms with Crippen molar-refractivity contribution >= 4 is 11.7 Å². The number of carbonyl (C=O) groups is 2. The second-order valence-corrected chi connectivity index (χ2v) is 4.92. The Morgan fingerprint density at radius 3 is 1.78 bits per heavy atom. The molecule has 0 aliphatic rings. The molecule has 0 bridgehead atoms. The van der Waals surface area contributed by atoms with Gasteiger partial charge in [-0.15, -0.1) is 0 Å². The van der Waals surface area contributed by atoms with Crippen LogP contribution in [0, 0.1) is 13.8 Å².